The lowest BCUT2D eigenvalue weighted by Gasteiger charge is -2.20. The Morgan fingerprint density at radius 2 is 1.94 bits per heavy atom. The van der Waals surface area contributed by atoms with Crippen molar-refractivity contribution in [3.8, 4) is 5.82 Å². The van der Waals surface area contributed by atoms with Crippen LogP contribution in [0.3, 0.4) is 0 Å². The van der Waals surface area contributed by atoms with Gasteiger partial charge >= 0.3 is 6.18 Å². The average molecular weight is 483 g/mol. The summed E-state index contributed by atoms with van der Waals surface area (Å²) in [6.07, 6.45) is 3.49. The summed E-state index contributed by atoms with van der Waals surface area (Å²) in [5.41, 5.74) is 0.861. The molecule has 0 fully saturated rings. The number of aromatic nitrogens is 5. The molecule has 1 aliphatic heterocycles. The number of nitrogens with zero attached hydrogens (tertiary/aromatic N) is 5. The molecule has 0 bridgehead atoms. The molecule has 0 spiro atoms. The molecule has 0 saturated carbocycles. The van der Waals surface area contributed by atoms with E-state index in [-0.39, 0.29) is 11.1 Å². The normalized spacial score (nSPS) is 15.0. The van der Waals surface area contributed by atoms with E-state index in [1.165, 1.54) is 12.1 Å². The minimum Gasteiger partial charge on any atom is -0.379 e. The van der Waals surface area contributed by atoms with E-state index in [9.17, 15) is 18.0 Å². The van der Waals surface area contributed by atoms with E-state index < -0.39 is 28.6 Å². The quantitative estimate of drug-likeness (QED) is 0.427. The van der Waals surface area contributed by atoms with Crippen LogP contribution in [0.2, 0.25) is 5.02 Å². The van der Waals surface area contributed by atoms with Crippen molar-refractivity contribution in [2.24, 2.45) is 0 Å². The molecule has 0 amide bonds. The van der Waals surface area contributed by atoms with Crippen molar-refractivity contribution in [3.63, 3.8) is 0 Å². The molecule has 1 unspecified atom stereocenters. The van der Waals surface area contributed by atoms with Crippen molar-refractivity contribution in [1.29, 1.82) is 0 Å². The molecular formula is C23H14ClF3N6O. The zero-order valence-electron chi connectivity index (χ0n) is 17.2. The zero-order valence-corrected chi connectivity index (χ0v) is 17.9. The molecule has 0 aliphatic carbocycles. The van der Waals surface area contributed by atoms with Crippen molar-refractivity contribution >= 4 is 23.5 Å². The van der Waals surface area contributed by atoms with Gasteiger partial charge in [-0.3, -0.25) is 9.78 Å². The summed E-state index contributed by atoms with van der Waals surface area (Å²) in [6.45, 7) is 0. The summed E-state index contributed by atoms with van der Waals surface area (Å²) in [4.78, 5) is 21.4. The van der Waals surface area contributed by atoms with Crippen LogP contribution in [0.15, 0.2) is 67.3 Å². The van der Waals surface area contributed by atoms with Gasteiger partial charge in [-0.25, -0.2) is 4.98 Å². The first-order chi connectivity index (χ1) is 16.3. The van der Waals surface area contributed by atoms with E-state index in [0.717, 1.165) is 12.1 Å². The van der Waals surface area contributed by atoms with Crippen LogP contribution >= 0.6 is 11.6 Å². The third-order valence-electron chi connectivity index (χ3n) is 5.31. The molecule has 11 heteroatoms. The Kier molecular flexibility index (Phi) is 5.37. The number of nitrogens with one attached hydrogen (secondary N) is 1. The first kappa shape index (κ1) is 21.8. The summed E-state index contributed by atoms with van der Waals surface area (Å²) in [6, 6.07) is 9.39. The van der Waals surface area contributed by atoms with Gasteiger partial charge in [0.25, 0.3) is 0 Å². The maximum absolute atomic E-state index is 13.2. The number of alkyl halides is 3. The first-order valence-corrected chi connectivity index (χ1v) is 10.4. The summed E-state index contributed by atoms with van der Waals surface area (Å²) in [7, 11) is 0. The van der Waals surface area contributed by atoms with Crippen molar-refractivity contribution in [1.82, 2.24) is 30.3 Å². The van der Waals surface area contributed by atoms with E-state index in [2.05, 4.69) is 25.6 Å². The lowest BCUT2D eigenvalue weighted by molar-refractivity contribution is -0.137. The van der Waals surface area contributed by atoms with Gasteiger partial charge in [0.05, 0.1) is 28.5 Å². The minimum absolute atomic E-state index is 0.193. The lowest BCUT2D eigenvalue weighted by atomic mass is 9.95. The van der Waals surface area contributed by atoms with E-state index in [4.69, 9.17) is 11.6 Å². The predicted octanol–water partition coefficient (Wildman–Crippen LogP) is 4.62. The standard InChI is InChI=1S/C23H14ClF3N6O/c24-19-15(5-2-6-16(19)23(25,26)27)22(34)14-4-1-3-13(11-14)20-21-17(7-8-30-20)33(32-31-21)18-12-28-9-10-29-18/h1-12,20,30H. The molecule has 4 aromatic rings. The van der Waals surface area contributed by atoms with E-state index in [1.54, 1.807) is 53.7 Å². The average Bonchev–Trinajstić information content (AvgIpc) is 3.28. The fourth-order valence-electron chi connectivity index (χ4n) is 3.73. The summed E-state index contributed by atoms with van der Waals surface area (Å²) >= 11 is 5.96. The Balaban J connectivity index is 1.51. The van der Waals surface area contributed by atoms with Crippen LogP contribution in [-0.2, 0) is 6.18 Å². The van der Waals surface area contributed by atoms with Crippen LogP contribution in [0, 0.1) is 0 Å². The van der Waals surface area contributed by atoms with Crippen LogP contribution in [0.5, 0.6) is 0 Å². The van der Waals surface area contributed by atoms with Crippen molar-refractivity contribution in [2.45, 2.75) is 12.2 Å². The van der Waals surface area contributed by atoms with Gasteiger partial charge in [-0.15, -0.1) is 5.10 Å². The number of hydrogen-bond acceptors (Lipinski definition) is 6. The molecule has 2 aromatic carbocycles. The molecule has 3 heterocycles. The van der Waals surface area contributed by atoms with Crippen LogP contribution in [0.1, 0.15) is 44.5 Å². The summed E-state index contributed by atoms with van der Waals surface area (Å²) < 4.78 is 41.2. The summed E-state index contributed by atoms with van der Waals surface area (Å²) in [5, 5.41) is 11.0. The molecule has 0 saturated heterocycles. The van der Waals surface area contributed by atoms with Gasteiger partial charge in [-0.2, -0.15) is 17.9 Å². The highest BCUT2D eigenvalue weighted by Gasteiger charge is 2.35. The van der Waals surface area contributed by atoms with Crippen molar-refractivity contribution in [2.75, 3.05) is 0 Å². The molecule has 1 aliphatic rings. The molecule has 0 radical (unpaired) electrons. The number of carbonyl (C=O) groups excluding carboxylic acids is 1. The van der Waals surface area contributed by atoms with Gasteiger partial charge in [0.15, 0.2) is 11.6 Å². The Labute approximate surface area is 195 Å². The SMILES string of the molecule is O=C(c1cccc(C2NC=Cc3c2nnn3-c2cnccn2)c1)c1cccc(C(F)(F)F)c1Cl. The van der Waals surface area contributed by atoms with Crippen LogP contribution < -0.4 is 5.32 Å². The molecule has 2 aromatic heterocycles. The number of carbonyl (C=O) groups is 1. The van der Waals surface area contributed by atoms with Gasteiger partial charge < -0.3 is 5.32 Å². The van der Waals surface area contributed by atoms with Gasteiger partial charge in [0.1, 0.15) is 5.69 Å². The second kappa shape index (κ2) is 8.38. The maximum atomic E-state index is 13.2. The van der Waals surface area contributed by atoms with Crippen molar-refractivity contribution in [3.05, 3.63) is 106 Å². The molecule has 1 atom stereocenters. The number of ketones is 1. The molecule has 1 N–H and O–H groups in total. The van der Waals surface area contributed by atoms with E-state index >= 15 is 0 Å². The van der Waals surface area contributed by atoms with Crippen LogP contribution in [0.4, 0.5) is 13.2 Å². The van der Waals surface area contributed by atoms with E-state index in [0.29, 0.717) is 22.8 Å². The molecule has 34 heavy (non-hydrogen) atoms. The molecule has 170 valence electrons. The highest BCUT2D eigenvalue weighted by Crippen LogP contribution is 2.37. The molecular weight excluding hydrogens is 469 g/mol. The minimum atomic E-state index is -4.67. The zero-order chi connectivity index (χ0) is 23.9. The number of fused-ring (bicyclic) bond motifs is 1. The van der Waals surface area contributed by atoms with Gasteiger partial charge in [0, 0.05) is 23.5 Å². The fraction of sp³-hybridized carbons (Fsp3) is 0.0870. The fourth-order valence-corrected chi connectivity index (χ4v) is 4.05. The van der Waals surface area contributed by atoms with Gasteiger partial charge in [-0.1, -0.05) is 41.1 Å². The Morgan fingerprint density at radius 1 is 1.12 bits per heavy atom. The summed E-state index contributed by atoms with van der Waals surface area (Å²) in [5.74, 6) is -0.127. The number of halogens is 4. The Hall–Kier alpha value is -4.05. The number of benzene rings is 2. The predicted molar refractivity (Wildman–Crippen MR) is 117 cm³/mol. The van der Waals surface area contributed by atoms with Crippen molar-refractivity contribution < 1.29 is 18.0 Å². The maximum Gasteiger partial charge on any atom is 0.417 e. The second-order valence-electron chi connectivity index (χ2n) is 7.39. The van der Waals surface area contributed by atoms with Gasteiger partial charge in [0.2, 0.25) is 0 Å². The monoisotopic (exact) mass is 482 g/mol. The van der Waals surface area contributed by atoms with Gasteiger partial charge in [-0.05, 0) is 36.0 Å². The van der Waals surface area contributed by atoms with Crippen LogP contribution in [0.25, 0.3) is 11.9 Å². The highest BCUT2D eigenvalue weighted by molar-refractivity contribution is 6.35. The molecule has 5 rings (SSSR count). The number of rotatable bonds is 4. The third-order valence-corrected chi connectivity index (χ3v) is 5.71. The molecule has 7 nitrogen and oxygen atoms in total. The smallest absolute Gasteiger partial charge is 0.379 e. The van der Waals surface area contributed by atoms with E-state index in [1.807, 2.05) is 0 Å². The third kappa shape index (κ3) is 3.81. The second-order valence-corrected chi connectivity index (χ2v) is 7.77. The highest BCUT2D eigenvalue weighted by atomic mass is 35.5. The lowest BCUT2D eigenvalue weighted by Crippen LogP contribution is -2.22. The van der Waals surface area contributed by atoms with Crippen LogP contribution in [-0.4, -0.2) is 30.7 Å². The largest absolute Gasteiger partial charge is 0.417 e. The Bertz CT molecular complexity index is 1420. The Morgan fingerprint density at radius 3 is 2.71 bits per heavy atom. The first-order valence-electron chi connectivity index (χ1n) is 9.99. The number of hydrogen-bond donors (Lipinski definition) is 1. The topological polar surface area (TPSA) is 85.6 Å².